The van der Waals surface area contributed by atoms with Gasteiger partial charge in [-0.2, -0.15) is 0 Å². The number of likely N-dealkylation sites (tertiary alicyclic amines) is 1. The molecule has 2 aromatic carbocycles. The van der Waals surface area contributed by atoms with Crippen LogP contribution in [0.2, 0.25) is 0 Å². The number of nitrogens with zero attached hydrogens (tertiary/aromatic N) is 1. The van der Waals surface area contributed by atoms with Crippen molar-refractivity contribution in [2.75, 3.05) is 13.1 Å². The summed E-state index contributed by atoms with van der Waals surface area (Å²) in [5, 5.41) is 0. The highest BCUT2D eigenvalue weighted by molar-refractivity contribution is 8.43. The highest BCUT2D eigenvalue weighted by Gasteiger charge is 2.48. The van der Waals surface area contributed by atoms with Gasteiger partial charge in [0.25, 0.3) is 0 Å². The molecule has 0 radical (unpaired) electrons. The van der Waals surface area contributed by atoms with Crippen molar-refractivity contribution >= 4 is 58.8 Å². The highest BCUT2D eigenvalue weighted by atomic mass is 32.3. The third-order valence-electron chi connectivity index (χ3n) is 4.61. The van der Waals surface area contributed by atoms with Crippen molar-refractivity contribution in [2.45, 2.75) is 46.3 Å². The van der Waals surface area contributed by atoms with Crippen LogP contribution in [0, 0.1) is 0 Å². The van der Waals surface area contributed by atoms with Gasteiger partial charge in [0.2, 0.25) is 0 Å². The van der Waals surface area contributed by atoms with Crippen LogP contribution in [0.1, 0.15) is 19.3 Å². The lowest BCUT2D eigenvalue weighted by Gasteiger charge is -2.42. The maximum Gasteiger partial charge on any atom is 0.172 e. The molecule has 0 spiro atoms. The minimum Gasteiger partial charge on any atom is -0.271 e. The first-order valence-electron chi connectivity index (χ1n) is 8.65. The van der Waals surface area contributed by atoms with E-state index in [9.17, 15) is 0 Å². The summed E-state index contributed by atoms with van der Waals surface area (Å²) in [6, 6.07) is 17.8. The zero-order chi connectivity index (χ0) is 16.7. The van der Waals surface area contributed by atoms with Crippen LogP contribution in [-0.2, 0) is 0 Å². The topological polar surface area (TPSA) is 3.24 Å². The van der Waals surface area contributed by atoms with E-state index >= 15 is 0 Å². The molecule has 0 N–H and O–H groups in total. The van der Waals surface area contributed by atoms with Crippen LogP contribution in [0.25, 0.3) is 0 Å². The second-order valence-corrected chi connectivity index (χ2v) is 14.0. The van der Waals surface area contributed by atoms with Gasteiger partial charge in [0.15, 0.2) is 3.54 Å². The number of thioether (sulfide) groups is 5. The summed E-state index contributed by atoms with van der Waals surface area (Å²) in [4.78, 5) is 8.56. The fraction of sp³-hybridized carbons (Fsp3) is 0.368. The van der Waals surface area contributed by atoms with Crippen molar-refractivity contribution in [1.82, 2.24) is 4.90 Å². The van der Waals surface area contributed by atoms with Gasteiger partial charge in [-0.05, 0) is 37.1 Å². The molecular formula is C19H19NS5. The molecule has 0 aromatic heterocycles. The third kappa shape index (κ3) is 3.39. The lowest BCUT2D eigenvalue weighted by Crippen LogP contribution is -2.43. The van der Waals surface area contributed by atoms with Gasteiger partial charge in [-0.15, -0.1) is 0 Å². The molecular weight excluding hydrogens is 403 g/mol. The molecule has 6 heteroatoms. The van der Waals surface area contributed by atoms with Crippen molar-refractivity contribution in [2.24, 2.45) is 0 Å². The second kappa shape index (κ2) is 7.28. The number of piperidine rings is 1. The predicted molar refractivity (Wildman–Crippen MR) is 116 cm³/mol. The Kier molecular flexibility index (Phi) is 5.03. The molecule has 0 amide bonds. The van der Waals surface area contributed by atoms with E-state index in [2.05, 4.69) is 88.7 Å². The van der Waals surface area contributed by atoms with E-state index in [1.807, 2.05) is 23.5 Å². The summed E-state index contributed by atoms with van der Waals surface area (Å²) in [6.07, 6.45) is 4.06. The Hall–Kier alpha value is 0.150. The Labute approximate surface area is 170 Å². The van der Waals surface area contributed by atoms with Gasteiger partial charge in [0.1, 0.15) is 3.91 Å². The van der Waals surface area contributed by atoms with Crippen LogP contribution in [0.4, 0.5) is 0 Å². The summed E-state index contributed by atoms with van der Waals surface area (Å²) in [6.45, 7) is 2.46. The lowest BCUT2D eigenvalue weighted by atomic mass is 10.1. The van der Waals surface area contributed by atoms with Crippen molar-refractivity contribution in [3.8, 4) is 0 Å². The highest BCUT2D eigenvalue weighted by Crippen LogP contribution is 2.67. The largest absolute Gasteiger partial charge is 0.271 e. The Morgan fingerprint density at radius 2 is 1.28 bits per heavy atom. The molecule has 0 aliphatic carbocycles. The Morgan fingerprint density at radius 1 is 0.760 bits per heavy atom. The zero-order valence-corrected chi connectivity index (χ0v) is 17.8. The monoisotopic (exact) mass is 421 g/mol. The van der Waals surface area contributed by atoms with Gasteiger partial charge < -0.3 is 0 Å². The number of rotatable bonds is 3. The average Bonchev–Trinajstić information content (AvgIpc) is 3.23. The van der Waals surface area contributed by atoms with Gasteiger partial charge in [0, 0.05) is 32.7 Å². The number of hydrogen-bond donors (Lipinski definition) is 0. The molecule has 0 atom stereocenters. The van der Waals surface area contributed by atoms with Gasteiger partial charge in [-0.3, -0.25) is 4.90 Å². The van der Waals surface area contributed by atoms with E-state index in [4.69, 9.17) is 0 Å². The molecule has 0 unspecified atom stereocenters. The maximum atomic E-state index is 2.75. The third-order valence-corrected chi connectivity index (χ3v) is 12.7. The van der Waals surface area contributed by atoms with Crippen LogP contribution in [0.15, 0.2) is 68.1 Å². The Morgan fingerprint density at radius 3 is 1.84 bits per heavy atom. The fourth-order valence-electron chi connectivity index (χ4n) is 3.38. The molecule has 1 nitrogen and oxygen atoms in total. The SMILES string of the molecule is c1ccc2c(c1)SC(SC1(N3CCCCC3)Sc3ccccc3S1)S2. The molecule has 1 fully saturated rings. The van der Waals surface area contributed by atoms with Gasteiger partial charge in [-0.25, -0.2) is 0 Å². The number of benzene rings is 2. The van der Waals surface area contributed by atoms with E-state index < -0.39 is 0 Å². The molecule has 0 saturated carbocycles. The molecule has 5 rings (SSSR count). The molecule has 25 heavy (non-hydrogen) atoms. The van der Waals surface area contributed by atoms with Crippen molar-refractivity contribution in [3.05, 3.63) is 48.5 Å². The van der Waals surface area contributed by atoms with Crippen LogP contribution >= 0.6 is 58.8 Å². The molecule has 3 aliphatic rings. The standard InChI is InChI=1S/C19H19NS5/c1-6-12-20(13-7-1)19(23-16-10-4-5-11-17(16)24-19)25-18-21-14-8-2-3-9-15(14)22-18/h2-5,8-11,18H,1,6-7,12-13H2. The second-order valence-electron chi connectivity index (χ2n) is 6.31. The van der Waals surface area contributed by atoms with E-state index in [-0.39, 0.29) is 3.54 Å². The lowest BCUT2D eigenvalue weighted by molar-refractivity contribution is 0.239. The summed E-state index contributed by atoms with van der Waals surface area (Å²) < 4.78 is 0.630. The Bertz CT molecular complexity index is 724. The summed E-state index contributed by atoms with van der Waals surface area (Å²) in [7, 11) is 0. The quantitative estimate of drug-likeness (QED) is 0.526. The fourth-order valence-corrected chi connectivity index (χ4v) is 13.0. The molecule has 1 saturated heterocycles. The first-order valence-corrected chi connectivity index (χ1v) is 12.9. The van der Waals surface area contributed by atoms with Crippen LogP contribution in [-0.4, -0.2) is 25.4 Å². The van der Waals surface area contributed by atoms with Crippen molar-refractivity contribution < 1.29 is 0 Å². The van der Waals surface area contributed by atoms with E-state index in [1.165, 1.54) is 51.9 Å². The van der Waals surface area contributed by atoms with Crippen LogP contribution in [0.3, 0.4) is 0 Å². The van der Waals surface area contributed by atoms with Gasteiger partial charge in [0.05, 0.1) is 0 Å². The minimum atomic E-state index is 0.0941. The Balaban J connectivity index is 1.42. The van der Waals surface area contributed by atoms with Crippen LogP contribution < -0.4 is 0 Å². The van der Waals surface area contributed by atoms with Gasteiger partial charge in [-0.1, -0.05) is 89.5 Å². The molecule has 3 aliphatic heterocycles. The first kappa shape index (κ1) is 17.3. The normalized spacial score (nSPS) is 22.7. The average molecular weight is 422 g/mol. The van der Waals surface area contributed by atoms with Crippen LogP contribution in [0.5, 0.6) is 0 Å². The number of hydrogen-bond acceptors (Lipinski definition) is 6. The summed E-state index contributed by atoms with van der Waals surface area (Å²) >= 11 is 10.4. The van der Waals surface area contributed by atoms with E-state index in [0.717, 1.165) is 0 Å². The maximum absolute atomic E-state index is 2.75. The number of fused-ring (bicyclic) bond motifs is 2. The molecule has 2 aromatic rings. The summed E-state index contributed by atoms with van der Waals surface area (Å²) in [5.41, 5.74) is 0. The van der Waals surface area contributed by atoms with Gasteiger partial charge >= 0.3 is 0 Å². The zero-order valence-electron chi connectivity index (χ0n) is 13.7. The molecule has 0 bridgehead atoms. The predicted octanol–water partition coefficient (Wildman–Crippen LogP) is 6.90. The van der Waals surface area contributed by atoms with Crippen molar-refractivity contribution in [3.63, 3.8) is 0 Å². The smallest absolute Gasteiger partial charge is 0.172 e. The van der Waals surface area contributed by atoms with E-state index in [1.54, 1.807) is 0 Å². The minimum absolute atomic E-state index is 0.0941. The van der Waals surface area contributed by atoms with Crippen molar-refractivity contribution in [1.29, 1.82) is 0 Å². The van der Waals surface area contributed by atoms with E-state index in [0.29, 0.717) is 3.91 Å². The molecule has 130 valence electrons. The molecule has 3 heterocycles. The first-order chi connectivity index (χ1) is 12.3. The summed E-state index contributed by atoms with van der Waals surface area (Å²) in [5.74, 6) is 0.